The molecule has 8 nitrogen and oxygen atoms in total. The van der Waals surface area contributed by atoms with Gasteiger partial charge in [-0.15, -0.1) is 10.2 Å². The minimum absolute atomic E-state index is 0.0487. The number of nitrogens with zero attached hydrogens (tertiary/aromatic N) is 4. The number of carbonyl (C=O) groups excluding carboxylic acids is 1. The second-order valence-electron chi connectivity index (χ2n) is 7.78. The Morgan fingerprint density at radius 2 is 1.79 bits per heavy atom. The number of para-hydroxylation sites is 1. The lowest BCUT2D eigenvalue weighted by Gasteiger charge is -2.29. The first-order valence-electron chi connectivity index (χ1n) is 10.9. The van der Waals surface area contributed by atoms with Crippen LogP contribution in [0.25, 0.3) is 17.3 Å². The molecule has 0 atom stereocenters. The van der Waals surface area contributed by atoms with Gasteiger partial charge in [0.25, 0.3) is 0 Å². The number of furan rings is 1. The molecule has 0 fully saturated rings. The second kappa shape index (κ2) is 9.64. The molecule has 4 aromatic rings. The fourth-order valence-electron chi connectivity index (χ4n) is 4.05. The fraction of sp³-hybridized carbons (Fsp3) is 0.240. The molecule has 2 aromatic heterocycles. The largest absolute Gasteiger partial charge is 0.493 e. The summed E-state index contributed by atoms with van der Waals surface area (Å²) in [5.41, 5.74) is 3.16. The molecule has 0 unspecified atom stereocenters. The number of fused-ring (bicyclic) bond motifs is 1. The molecule has 1 amide bonds. The first kappa shape index (κ1) is 22.1. The third kappa shape index (κ3) is 4.26. The van der Waals surface area contributed by atoms with Crippen molar-refractivity contribution in [2.45, 2.75) is 18.1 Å². The molecular weight excluding hydrogens is 452 g/mol. The normalized spacial score (nSPS) is 12.9. The van der Waals surface area contributed by atoms with Gasteiger partial charge in [0.05, 0.1) is 26.2 Å². The highest BCUT2D eigenvalue weighted by Gasteiger charge is 2.24. The predicted molar refractivity (Wildman–Crippen MR) is 128 cm³/mol. The molecule has 0 aliphatic carbocycles. The van der Waals surface area contributed by atoms with Crippen molar-refractivity contribution in [1.82, 2.24) is 19.7 Å². The Morgan fingerprint density at radius 1 is 1.03 bits per heavy atom. The zero-order valence-corrected chi connectivity index (χ0v) is 19.7. The molecule has 0 radical (unpaired) electrons. The quantitative estimate of drug-likeness (QED) is 0.369. The minimum atomic E-state index is 0.0487. The number of methoxy groups -OCH3 is 2. The van der Waals surface area contributed by atoms with E-state index in [4.69, 9.17) is 13.9 Å². The van der Waals surface area contributed by atoms with Gasteiger partial charge in [-0.05, 0) is 53.9 Å². The summed E-state index contributed by atoms with van der Waals surface area (Å²) in [4.78, 5) is 15.0. The van der Waals surface area contributed by atoms with Crippen LogP contribution in [-0.4, -0.2) is 52.1 Å². The number of ether oxygens (including phenoxy) is 2. The van der Waals surface area contributed by atoms with Gasteiger partial charge in [0.1, 0.15) is 0 Å². The molecule has 2 aromatic carbocycles. The number of amides is 1. The van der Waals surface area contributed by atoms with E-state index in [-0.39, 0.29) is 11.7 Å². The van der Waals surface area contributed by atoms with Crippen molar-refractivity contribution in [2.75, 3.05) is 26.5 Å². The highest BCUT2D eigenvalue weighted by molar-refractivity contribution is 7.99. The fourth-order valence-corrected chi connectivity index (χ4v) is 4.91. The molecule has 0 saturated heterocycles. The van der Waals surface area contributed by atoms with Crippen LogP contribution >= 0.6 is 11.8 Å². The van der Waals surface area contributed by atoms with Gasteiger partial charge in [0, 0.05) is 18.8 Å². The van der Waals surface area contributed by atoms with Crippen LogP contribution in [0.2, 0.25) is 0 Å². The first-order chi connectivity index (χ1) is 16.7. The van der Waals surface area contributed by atoms with Crippen LogP contribution in [0, 0.1) is 0 Å². The summed E-state index contributed by atoms with van der Waals surface area (Å²) in [5, 5.41) is 9.33. The van der Waals surface area contributed by atoms with Gasteiger partial charge in [-0.3, -0.25) is 9.36 Å². The van der Waals surface area contributed by atoms with Gasteiger partial charge in [-0.25, -0.2) is 0 Å². The summed E-state index contributed by atoms with van der Waals surface area (Å²) in [5.74, 6) is 2.90. The smallest absolute Gasteiger partial charge is 0.233 e. The van der Waals surface area contributed by atoms with E-state index >= 15 is 0 Å². The Kier molecular flexibility index (Phi) is 6.27. The summed E-state index contributed by atoms with van der Waals surface area (Å²) in [6, 6.07) is 17.4. The maximum Gasteiger partial charge on any atom is 0.233 e. The van der Waals surface area contributed by atoms with Gasteiger partial charge in [0.15, 0.2) is 22.4 Å². The number of carbonyl (C=O) groups is 1. The lowest BCUT2D eigenvalue weighted by Crippen LogP contribution is -2.37. The van der Waals surface area contributed by atoms with Gasteiger partial charge in [0.2, 0.25) is 11.7 Å². The topological polar surface area (TPSA) is 82.6 Å². The standard InChI is InChI=1S/C25H24N4O4S/c1-31-21-13-17-10-11-28(15-18(17)14-22(21)32-2)23(30)16-34-25-27-26-24(20-9-6-12-33-20)29(25)19-7-4-3-5-8-19/h3-9,12-14H,10-11,15-16H2,1-2H3. The van der Waals surface area contributed by atoms with E-state index in [1.54, 1.807) is 20.5 Å². The van der Waals surface area contributed by atoms with E-state index in [1.165, 1.54) is 17.3 Å². The highest BCUT2D eigenvalue weighted by atomic mass is 32.2. The van der Waals surface area contributed by atoms with Crippen molar-refractivity contribution >= 4 is 17.7 Å². The van der Waals surface area contributed by atoms with Crippen LogP contribution in [0.15, 0.2) is 70.4 Å². The summed E-state index contributed by atoms with van der Waals surface area (Å²) in [6.45, 7) is 1.20. The maximum absolute atomic E-state index is 13.1. The number of hydrogen-bond donors (Lipinski definition) is 0. The number of thioether (sulfide) groups is 1. The summed E-state index contributed by atoms with van der Waals surface area (Å²) in [6.07, 6.45) is 2.38. The Labute approximate surface area is 201 Å². The Balaban J connectivity index is 1.34. The maximum atomic E-state index is 13.1. The average molecular weight is 477 g/mol. The van der Waals surface area contributed by atoms with Crippen molar-refractivity contribution < 1.29 is 18.7 Å². The van der Waals surface area contributed by atoms with Crippen molar-refractivity contribution in [2.24, 2.45) is 0 Å². The molecule has 34 heavy (non-hydrogen) atoms. The summed E-state index contributed by atoms with van der Waals surface area (Å²) >= 11 is 1.37. The third-order valence-corrected chi connectivity index (χ3v) is 6.70. The van der Waals surface area contributed by atoms with Crippen molar-refractivity contribution in [1.29, 1.82) is 0 Å². The molecule has 0 N–H and O–H groups in total. The molecule has 0 saturated carbocycles. The zero-order valence-electron chi connectivity index (χ0n) is 18.9. The lowest BCUT2D eigenvalue weighted by atomic mass is 9.99. The minimum Gasteiger partial charge on any atom is -0.493 e. The van der Waals surface area contributed by atoms with Crippen molar-refractivity contribution in [3.05, 3.63) is 72.0 Å². The van der Waals surface area contributed by atoms with Crippen LogP contribution in [0.3, 0.4) is 0 Å². The molecule has 3 heterocycles. The van der Waals surface area contributed by atoms with E-state index in [0.29, 0.717) is 41.3 Å². The third-order valence-electron chi connectivity index (χ3n) is 5.78. The van der Waals surface area contributed by atoms with E-state index in [9.17, 15) is 4.79 Å². The van der Waals surface area contributed by atoms with Gasteiger partial charge < -0.3 is 18.8 Å². The van der Waals surface area contributed by atoms with E-state index in [2.05, 4.69) is 10.2 Å². The molecule has 0 bridgehead atoms. The summed E-state index contributed by atoms with van der Waals surface area (Å²) < 4.78 is 18.3. The number of rotatable bonds is 7. The number of aromatic nitrogens is 3. The van der Waals surface area contributed by atoms with Gasteiger partial charge >= 0.3 is 0 Å². The van der Waals surface area contributed by atoms with Crippen LogP contribution in [0.1, 0.15) is 11.1 Å². The molecule has 1 aliphatic rings. The van der Waals surface area contributed by atoms with Crippen molar-refractivity contribution in [3.8, 4) is 28.8 Å². The zero-order chi connectivity index (χ0) is 23.5. The average Bonchev–Trinajstić information content (AvgIpc) is 3.56. The number of benzene rings is 2. The Morgan fingerprint density at radius 3 is 2.50 bits per heavy atom. The molecular formula is C25H24N4O4S. The SMILES string of the molecule is COc1cc2c(cc1OC)CN(C(=O)CSc1nnc(-c3ccco3)n1-c1ccccc1)CC2. The molecule has 5 rings (SSSR count). The van der Waals surface area contributed by atoms with Crippen LogP contribution in [0.4, 0.5) is 0 Å². The van der Waals surface area contributed by atoms with E-state index < -0.39 is 0 Å². The lowest BCUT2D eigenvalue weighted by molar-refractivity contribution is -0.129. The monoisotopic (exact) mass is 476 g/mol. The Hall–Kier alpha value is -3.72. The summed E-state index contributed by atoms with van der Waals surface area (Å²) in [7, 11) is 3.25. The van der Waals surface area contributed by atoms with Crippen LogP contribution in [0.5, 0.6) is 11.5 Å². The highest BCUT2D eigenvalue weighted by Crippen LogP contribution is 2.34. The van der Waals surface area contributed by atoms with Crippen molar-refractivity contribution in [3.63, 3.8) is 0 Å². The molecule has 0 spiro atoms. The molecule has 174 valence electrons. The van der Waals surface area contributed by atoms with Crippen LogP contribution < -0.4 is 9.47 Å². The second-order valence-corrected chi connectivity index (χ2v) is 8.73. The van der Waals surface area contributed by atoms with Crippen LogP contribution in [-0.2, 0) is 17.8 Å². The van der Waals surface area contributed by atoms with Gasteiger partial charge in [-0.2, -0.15) is 0 Å². The molecule has 9 heteroatoms. The van der Waals surface area contributed by atoms with E-state index in [1.807, 2.05) is 64.1 Å². The molecule has 1 aliphatic heterocycles. The van der Waals surface area contributed by atoms with Gasteiger partial charge in [-0.1, -0.05) is 30.0 Å². The first-order valence-corrected chi connectivity index (χ1v) is 11.9. The Bertz CT molecular complexity index is 1290. The number of hydrogen-bond acceptors (Lipinski definition) is 7. The predicted octanol–water partition coefficient (Wildman–Crippen LogP) is 4.22. The van der Waals surface area contributed by atoms with E-state index in [0.717, 1.165) is 17.7 Å².